The molecule has 1 heterocycles. The molecular weight excluding hydrogens is 356 g/mol. The molecule has 0 bridgehead atoms. The molecule has 1 aliphatic carbocycles. The number of hydrogen-bond donors (Lipinski definition) is 2. The number of carbonyl (C=O) groups is 1. The molecule has 152 valence electrons. The van der Waals surface area contributed by atoms with Crippen LogP contribution in [0.1, 0.15) is 40.5 Å². The first-order valence-electron chi connectivity index (χ1n) is 9.45. The topological polar surface area (TPSA) is 79.3 Å². The van der Waals surface area contributed by atoms with Crippen molar-refractivity contribution >= 4 is 5.97 Å². The van der Waals surface area contributed by atoms with E-state index in [9.17, 15) is 9.90 Å². The highest BCUT2D eigenvalue weighted by molar-refractivity contribution is 5.92. The number of ether oxygens (including phenoxy) is 2. The van der Waals surface area contributed by atoms with Gasteiger partial charge in [0.2, 0.25) is 0 Å². The molecule has 2 aliphatic rings. The number of fused-ring (bicyclic) bond motifs is 1. The smallest absolute Gasteiger partial charge is 0.339 e. The van der Waals surface area contributed by atoms with Crippen LogP contribution in [0, 0.1) is 17.3 Å². The minimum atomic E-state index is -0.544. The zero-order chi connectivity index (χ0) is 21.0. The van der Waals surface area contributed by atoms with Crippen molar-refractivity contribution in [2.24, 2.45) is 5.41 Å². The van der Waals surface area contributed by atoms with Crippen molar-refractivity contribution in [3.8, 4) is 11.8 Å². The van der Waals surface area contributed by atoms with E-state index in [1.807, 2.05) is 13.0 Å². The summed E-state index contributed by atoms with van der Waals surface area (Å²) >= 11 is 0. The van der Waals surface area contributed by atoms with E-state index >= 15 is 0 Å². The third-order valence-corrected chi connectivity index (χ3v) is 5.47. The summed E-state index contributed by atoms with van der Waals surface area (Å²) in [6.45, 7) is 11.5. The van der Waals surface area contributed by atoms with Crippen LogP contribution in [0.5, 0.6) is 0 Å². The van der Waals surface area contributed by atoms with Gasteiger partial charge in [0.25, 0.3) is 0 Å². The average Bonchev–Trinajstić information content (AvgIpc) is 3.21. The van der Waals surface area contributed by atoms with Gasteiger partial charge in [0, 0.05) is 17.9 Å². The van der Waals surface area contributed by atoms with E-state index in [1.54, 1.807) is 19.1 Å². The van der Waals surface area contributed by atoms with Crippen LogP contribution in [0.4, 0.5) is 0 Å². The first kappa shape index (κ1) is 22.2. The lowest BCUT2D eigenvalue weighted by molar-refractivity contribution is -0.137. The Morgan fingerprint density at radius 2 is 2.07 bits per heavy atom. The van der Waals surface area contributed by atoms with Gasteiger partial charge in [-0.1, -0.05) is 38.3 Å². The van der Waals surface area contributed by atoms with Gasteiger partial charge in [-0.3, -0.25) is 0 Å². The van der Waals surface area contributed by atoms with Gasteiger partial charge in [-0.2, -0.15) is 0 Å². The van der Waals surface area contributed by atoms with Gasteiger partial charge in [0.05, 0.1) is 18.3 Å². The summed E-state index contributed by atoms with van der Waals surface area (Å²) in [6.07, 6.45) is 8.97. The lowest BCUT2D eigenvalue weighted by atomic mass is 9.63. The van der Waals surface area contributed by atoms with E-state index < -0.39 is 23.3 Å². The minimum Gasteiger partial charge on any atom is -0.458 e. The number of hydrogen-bond acceptors (Lipinski definition) is 5. The first-order chi connectivity index (χ1) is 13.1. The van der Waals surface area contributed by atoms with Gasteiger partial charge in [0.15, 0.2) is 0 Å². The standard InChI is InChI=1S/C23H30O5/c1-6-14-27-20(26)18(9-7-8-17(2)11-13-24)10-12-23-21(3,4)15-19(25)16-22(23,5)28-23/h6,9-12,19,24-25H,1,13-16H2,2-5H3/b12-10+,17-11+,18-9-/t19-,22+,23-/m0/s1. The summed E-state index contributed by atoms with van der Waals surface area (Å²) < 4.78 is 11.3. The number of epoxide rings is 1. The quantitative estimate of drug-likeness (QED) is 0.183. The number of allylic oxidation sites excluding steroid dienone is 2. The number of aliphatic hydroxyl groups excluding tert-OH is 2. The molecule has 0 aromatic heterocycles. The van der Waals surface area contributed by atoms with Gasteiger partial charge in [-0.25, -0.2) is 4.79 Å². The predicted octanol–water partition coefficient (Wildman–Crippen LogP) is 2.85. The zero-order valence-corrected chi connectivity index (χ0v) is 17.1. The monoisotopic (exact) mass is 386 g/mol. The fourth-order valence-electron chi connectivity index (χ4n) is 4.09. The maximum absolute atomic E-state index is 12.4. The molecule has 3 atom stereocenters. The Bertz CT molecular complexity index is 777. The summed E-state index contributed by atoms with van der Waals surface area (Å²) in [5.41, 5.74) is -0.261. The molecule has 1 saturated heterocycles. The van der Waals surface area contributed by atoms with Gasteiger partial charge in [0.1, 0.15) is 17.8 Å². The zero-order valence-electron chi connectivity index (χ0n) is 17.1. The van der Waals surface area contributed by atoms with E-state index in [0.717, 1.165) is 0 Å². The van der Waals surface area contributed by atoms with Crippen LogP contribution >= 0.6 is 0 Å². The van der Waals surface area contributed by atoms with E-state index in [0.29, 0.717) is 24.0 Å². The van der Waals surface area contributed by atoms with Crippen LogP contribution in [0.3, 0.4) is 0 Å². The van der Waals surface area contributed by atoms with E-state index in [2.05, 4.69) is 32.3 Å². The average molecular weight is 386 g/mol. The number of carbonyl (C=O) groups excluding carboxylic acids is 1. The number of esters is 1. The molecule has 0 amide bonds. The van der Waals surface area contributed by atoms with E-state index in [1.165, 1.54) is 12.2 Å². The maximum Gasteiger partial charge on any atom is 0.339 e. The Hall–Kier alpha value is -2.13. The van der Waals surface area contributed by atoms with Crippen LogP contribution in [0.25, 0.3) is 0 Å². The summed E-state index contributed by atoms with van der Waals surface area (Å²) in [5, 5.41) is 19.1. The van der Waals surface area contributed by atoms with Crippen molar-refractivity contribution in [3.05, 3.63) is 48.1 Å². The predicted molar refractivity (Wildman–Crippen MR) is 108 cm³/mol. The van der Waals surface area contributed by atoms with Crippen molar-refractivity contribution in [3.63, 3.8) is 0 Å². The molecule has 0 radical (unpaired) electrons. The van der Waals surface area contributed by atoms with Crippen molar-refractivity contribution in [1.82, 2.24) is 0 Å². The molecule has 1 saturated carbocycles. The van der Waals surface area contributed by atoms with Crippen LogP contribution in [-0.2, 0) is 14.3 Å². The SMILES string of the molecule is C=CCOC(=O)C(=C\C#C/C(C)=C/CO)/C=C/[C@@]12O[C@]1(C)C[C@@H](O)CC2(C)C. The Morgan fingerprint density at radius 3 is 2.68 bits per heavy atom. The minimum absolute atomic E-state index is 0.0856. The number of rotatable bonds is 6. The highest BCUT2D eigenvalue weighted by atomic mass is 16.6. The Kier molecular flexibility index (Phi) is 6.71. The summed E-state index contributed by atoms with van der Waals surface area (Å²) in [7, 11) is 0. The van der Waals surface area contributed by atoms with Crippen LogP contribution in [-0.4, -0.2) is 46.7 Å². The van der Waals surface area contributed by atoms with E-state index in [-0.39, 0.29) is 18.6 Å². The van der Waals surface area contributed by atoms with Gasteiger partial charge < -0.3 is 19.7 Å². The van der Waals surface area contributed by atoms with Gasteiger partial charge >= 0.3 is 5.97 Å². The molecule has 2 N–H and O–H groups in total. The Balaban J connectivity index is 2.31. The van der Waals surface area contributed by atoms with Crippen molar-refractivity contribution in [2.75, 3.05) is 13.2 Å². The molecule has 28 heavy (non-hydrogen) atoms. The third-order valence-electron chi connectivity index (χ3n) is 5.47. The molecule has 2 fully saturated rings. The third kappa shape index (κ3) is 4.47. The highest BCUT2D eigenvalue weighted by Gasteiger charge is 2.74. The summed E-state index contributed by atoms with van der Waals surface area (Å²) in [6, 6.07) is 0. The van der Waals surface area contributed by atoms with Crippen molar-refractivity contribution < 1.29 is 24.5 Å². The van der Waals surface area contributed by atoms with Crippen LogP contribution < -0.4 is 0 Å². The fraction of sp³-hybridized carbons (Fsp3) is 0.522. The normalized spacial score (nSPS) is 31.6. The molecule has 5 heteroatoms. The summed E-state index contributed by atoms with van der Waals surface area (Å²) in [5.74, 6) is 5.19. The molecule has 0 spiro atoms. The van der Waals surface area contributed by atoms with Crippen molar-refractivity contribution in [2.45, 2.75) is 57.8 Å². The molecule has 0 unspecified atom stereocenters. The van der Waals surface area contributed by atoms with Crippen LogP contribution in [0.15, 0.2) is 48.1 Å². The first-order valence-corrected chi connectivity index (χ1v) is 9.45. The lowest BCUT2D eigenvalue weighted by Crippen LogP contribution is -2.46. The molecule has 5 nitrogen and oxygen atoms in total. The Morgan fingerprint density at radius 1 is 1.36 bits per heavy atom. The van der Waals surface area contributed by atoms with E-state index in [4.69, 9.17) is 14.6 Å². The highest BCUT2D eigenvalue weighted by Crippen LogP contribution is 2.66. The van der Waals surface area contributed by atoms with Gasteiger partial charge in [-0.05, 0) is 44.1 Å². The largest absolute Gasteiger partial charge is 0.458 e. The van der Waals surface area contributed by atoms with Crippen LogP contribution in [0.2, 0.25) is 0 Å². The maximum atomic E-state index is 12.4. The number of aliphatic hydroxyl groups is 2. The second kappa shape index (κ2) is 8.48. The second-order valence-corrected chi connectivity index (χ2v) is 8.17. The molecule has 0 aromatic rings. The fourth-order valence-corrected chi connectivity index (χ4v) is 4.09. The van der Waals surface area contributed by atoms with Crippen molar-refractivity contribution in [1.29, 1.82) is 0 Å². The molecular formula is C23H30O5. The summed E-state index contributed by atoms with van der Waals surface area (Å²) in [4.78, 5) is 12.4. The lowest BCUT2D eigenvalue weighted by Gasteiger charge is -2.39. The Labute approximate surface area is 167 Å². The molecule has 1 aliphatic heterocycles. The van der Waals surface area contributed by atoms with Gasteiger partial charge in [-0.15, -0.1) is 0 Å². The molecule has 2 rings (SSSR count). The molecule has 0 aromatic carbocycles. The second-order valence-electron chi connectivity index (χ2n) is 8.17.